The second-order valence-electron chi connectivity index (χ2n) is 7.13. The van der Waals surface area contributed by atoms with Gasteiger partial charge in [-0.1, -0.05) is 12.1 Å². The number of hydrogen-bond donors (Lipinski definition) is 2. The lowest BCUT2D eigenvalue weighted by atomic mass is 10.1. The van der Waals surface area contributed by atoms with Crippen LogP contribution in [0.1, 0.15) is 12.5 Å². The zero-order chi connectivity index (χ0) is 21.1. The Morgan fingerprint density at radius 1 is 1.07 bits per heavy atom. The van der Waals surface area contributed by atoms with Crippen LogP contribution in [-0.4, -0.2) is 53.0 Å². The van der Waals surface area contributed by atoms with Crippen molar-refractivity contribution in [3.05, 3.63) is 60.4 Å². The lowest BCUT2D eigenvalue weighted by Gasteiger charge is -2.23. The number of ether oxygens (including phenoxy) is 2. The summed E-state index contributed by atoms with van der Waals surface area (Å²) < 4.78 is 10.7. The Balaban J connectivity index is 1.54. The molecule has 4 rings (SSSR count). The number of benzene rings is 2. The molecule has 1 atom stereocenters. The maximum Gasteiger partial charge on any atom is 0.155 e. The van der Waals surface area contributed by atoms with Crippen LogP contribution in [0.5, 0.6) is 11.5 Å². The number of anilines is 1. The van der Waals surface area contributed by atoms with Crippen molar-refractivity contribution in [2.45, 2.75) is 19.6 Å². The predicted octanol–water partition coefficient (Wildman–Crippen LogP) is 3.07. The van der Waals surface area contributed by atoms with E-state index in [1.807, 2.05) is 58.6 Å². The third-order valence-electron chi connectivity index (χ3n) is 5.01. The van der Waals surface area contributed by atoms with Crippen molar-refractivity contribution in [2.75, 3.05) is 25.9 Å². The van der Waals surface area contributed by atoms with Crippen LogP contribution in [0, 0.1) is 0 Å². The summed E-state index contributed by atoms with van der Waals surface area (Å²) in [6, 6.07) is 13.9. The molecule has 3 aromatic rings. The topological polar surface area (TPSA) is 86.2 Å². The van der Waals surface area contributed by atoms with E-state index in [4.69, 9.17) is 9.47 Å². The highest BCUT2D eigenvalue weighted by Gasteiger charge is 2.27. The Labute approximate surface area is 175 Å². The Bertz CT molecular complexity index is 994. The molecule has 2 heterocycles. The van der Waals surface area contributed by atoms with Gasteiger partial charge in [0.1, 0.15) is 24.3 Å². The van der Waals surface area contributed by atoms with Crippen molar-refractivity contribution in [1.29, 1.82) is 0 Å². The molecule has 2 aromatic carbocycles. The first kappa shape index (κ1) is 19.8. The van der Waals surface area contributed by atoms with Crippen molar-refractivity contribution >= 4 is 11.5 Å². The van der Waals surface area contributed by atoms with Crippen molar-refractivity contribution < 1.29 is 14.6 Å². The van der Waals surface area contributed by atoms with Crippen LogP contribution in [0.2, 0.25) is 0 Å². The second kappa shape index (κ2) is 8.46. The van der Waals surface area contributed by atoms with Gasteiger partial charge in [0.15, 0.2) is 5.84 Å². The summed E-state index contributed by atoms with van der Waals surface area (Å²) in [6.45, 7) is 2.83. The van der Waals surface area contributed by atoms with Crippen LogP contribution in [0.25, 0.3) is 11.1 Å². The van der Waals surface area contributed by atoms with Crippen LogP contribution in [-0.2, 0) is 6.54 Å². The fourth-order valence-corrected chi connectivity index (χ4v) is 3.48. The number of hydrogen-bond acceptors (Lipinski definition) is 7. The van der Waals surface area contributed by atoms with Gasteiger partial charge in [-0.25, -0.2) is 5.01 Å². The van der Waals surface area contributed by atoms with Crippen molar-refractivity contribution in [1.82, 2.24) is 15.1 Å². The van der Waals surface area contributed by atoms with Gasteiger partial charge in [0.05, 0.1) is 26.1 Å². The monoisotopic (exact) mass is 407 g/mol. The molecular formula is C22H25N5O3. The minimum Gasteiger partial charge on any atom is -0.497 e. The van der Waals surface area contributed by atoms with E-state index >= 15 is 0 Å². The average Bonchev–Trinajstić information content (AvgIpc) is 3.44. The third kappa shape index (κ3) is 4.08. The molecule has 1 aliphatic heterocycles. The van der Waals surface area contributed by atoms with Gasteiger partial charge in [-0.2, -0.15) is 10.2 Å². The summed E-state index contributed by atoms with van der Waals surface area (Å²) in [5.41, 5.74) is 4.07. The van der Waals surface area contributed by atoms with E-state index < -0.39 is 6.10 Å². The number of methoxy groups -OCH3 is 2. The second-order valence-corrected chi connectivity index (χ2v) is 7.13. The molecule has 0 aliphatic carbocycles. The van der Waals surface area contributed by atoms with Gasteiger partial charge >= 0.3 is 0 Å². The smallest absolute Gasteiger partial charge is 0.155 e. The highest BCUT2D eigenvalue weighted by molar-refractivity contribution is 5.89. The SMILES string of the molecule is COc1cc(CN2CN(c3ccc(-c4cn[nH]c4)cc3)N=C2C(C)O)cc(OC)c1. The summed E-state index contributed by atoms with van der Waals surface area (Å²) in [7, 11) is 3.26. The summed E-state index contributed by atoms with van der Waals surface area (Å²) in [5.74, 6) is 2.08. The molecule has 1 unspecified atom stereocenters. The van der Waals surface area contributed by atoms with E-state index in [2.05, 4.69) is 15.3 Å². The molecule has 1 aliphatic rings. The third-order valence-corrected chi connectivity index (χ3v) is 5.01. The van der Waals surface area contributed by atoms with Gasteiger partial charge in [-0.05, 0) is 42.3 Å². The summed E-state index contributed by atoms with van der Waals surface area (Å²) >= 11 is 0. The van der Waals surface area contributed by atoms with E-state index in [-0.39, 0.29) is 0 Å². The molecule has 0 radical (unpaired) electrons. The number of aromatic amines is 1. The van der Waals surface area contributed by atoms with Crippen LogP contribution in [0.3, 0.4) is 0 Å². The van der Waals surface area contributed by atoms with Crippen molar-refractivity contribution in [3.8, 4) is 22.6 Å². The summed E-state index contributed by atoms with van der Waals surface area (Å²) in [6.07, 6.45) is 2.96. The van der Waals surface area contributed by atoms with Crippen LogP contribution in [0.15, 0.2) is 60.0 Å². The Hall–Kier alpha value is -3.52. The molecule has 2 N–H and O–H groups in total. The zero-order valence-corrected chi connectivity index (χ0v) is 17.2. The van der Waals surface area contributed by atoms with Crippen molar-refractivity contribution in [2.24, 2.45) is 5.10 Å². The summed E-state index contributed by atoms with van der Waals surface area (Å²) in [4.78, 5) is 2.04. The number of amidine groups is 1. The molecule has 0 saturated carbocycles. The molecular weight excluding hydrogens is 382 g/mol. The molecule has 8 nitrogen and oxygen atoms in total. The van der Waals surface area contributed by atoms with Gasteiger partial charge in [-0.3, -0.25) is 5.10 Å². The number of nitrogens with zero attached hydrogens (tertiary/aromatic N) is 4. The number of nitrogens with one attached hydrogen (secondary N) is 1. The fourth-order valence-electron chi connectivity index (χ4n) is 3.48. The minimum absolute atomic E-state index is 0.533. The van der Waals surface area contributed by atoms with Crippen LogP contribution < -0.4 is 14.5 Å². The van der Waals surface area contributed by atoms with Crippen LogP contribution >= 0.6 is 0 Å². The quantitative estimate of drug-likeness (QED) is 0.626. The van der Waals surface area contributed by atoms with E-state index in [1.165, 1.54) is 0 Å². The first-order valence-electron chi connectivity index (χ1n) is 9.67. The van der Waals surface area contributed by atoms with E-state index in [0.717, 1.165) is 33.9 Å². The maximum atomic E-state index is 10.3. The van der Waals surface area contributed by atoms with E-state index in [0.29, 0.717) is 19.0 Å². The molecule has 1 aromatic heterocycles. The summed E-state index contributed by atoms with van der Waals surface area (Å²) in [5, 5.41) is 23.6. The van der Waals surface area contributed by atoms with E-state index in [1.54, 1.807) is 27.3 Å². The van der Waals surface area contributed by atoms with E-state index in [9.17, 15) is 5.11 Å². The largest absolute Gasteiger partial charge is 0.497 e. The standard InChI is InChI=1S/C22H25N5O3/c1-15(28)22-25-27(19-6-4-17(5-7-19)18-11-23-24-12-18)14-26(22)13-16-8-20(29-2)10-21(9-16)30-3/h4-12,15,28H,13-14H2,1-3H3,(H,23,24). The number of H-pyrrole nitrogens is 1. The van der Waals surface area contributed by atoms with Gasteiger partial charge in [-0.15, -0.1) is 0 Å². The Morgan fingerprint density at radius 2 is 1.77 bits per heavy atom. The van der Waals surface area contributed by atoms with Crippen molar-refractivity contribution in [3.63, 3.8) is 0 Å². The lowest BCUT2D eigenvalue weighted by molar-refractivity contribution is 0.241. The average molecular weight is 407 g/mol. The van der Waals surface area contributed by atoms with Gasteiger partial charge in [0, 0.05) is 24.4 Å². The van der Waals surface area contributed by atoms with Crippen LogP contribution in [0.4, 0.5) is 5.69 Å². The molecule has 156 valence electrons. The number of aliphatic hydroxyl groups is 1. The first-order chi connectivity index (χ1) is 14.6. The number of rotatable bonds is 7. The molecule has 0 spiro atoms. The van der Waals surface area contributed by atoms with Gasteiger partial charge in [0.25, 0.3) is 0 Å². The maximum absolute atomic E-state index is 10.3. The highest BCUT2D eigenvalue weighted by Crippen LogP contribution is 2.28. The number of hydrazone groups is 1. The molecule has 8 heteroatoms. The first-order valence-corrected chi connectivity index (χ1v) is 9.67. The van der Waals surface area contributed by atoms with Gasteiger partial charge < -0.3 is 19.5 Å². The molecule has 0 saturated heterocycles. The number of aliphatic hydroxyl groups excluding tert-OH is 1. The number of aromatic nitrogens is 2. The fraction of sp³-hybridized carbons (Fsp3) is 0.273. The Kier molecular flexibility index (Phi) is 5.58. The highest BCUT2D eigenvalue weighted by atomic mass is 16.5. The zero-order valence-electron chi connectivity index (χ0n) is 17.2. The molecule has 0 bridgehead atoms. The molecule has 30 heavy (non-hydrogen) atoms. The lowest BCUT2D eigenvalue weighted by Crippen LogP contribution is -2.35. The Morgan fingerprint density at radius 3 is 2.33 bits per heavy atom. The van der Waals surface area contributed by atoms with Gasteiger partial charge in [0.2, 0.25) is 0 Å². The normalized spacial score (nSPS) is 14.6. The predicted molar refractivity (Wildman–Crippen MR) is 116 cm³/mol. The molecule has 0 fully saturated rings. The molecule has 0 amide bonds. The minimum atomic E-state index is -0.687.